The molecule has 0 aliphatic rings. The van der Waals surface area contributed by atoms with E-state index in [0.717, 1.165) is 0 Å². The van der Waals surface area contributed by atoms with Crippen LogP contribution in [0.4, 0.5) is 0 Å². The van der Waals surface area contributed by atoms with Crippen molar-refractivity contribution in [2.24, 2.45) is 0 Å². The second-order valence-corrected chi connectivity index (χ2v) is 8.99. The highest BCUT2D eigenvalue weighted by atomic mass is 28.3. The number of rotatable bonds is 3. The quantitative estimate of drug-likeness (QED) is 0.668. The molecule has 2 heteroatoms. The fourth-order valence-corrected chi connectivity index (χ4v) is 6.07. The second-order valence-electron chi connectivity index (χ2n) is 5.07. The zero-order valence-electron chi connectivity index (χ0n) is 11.5. The zero-order chi connectivity index (χ0) is 13.8. The van der Waals surface area contributed by atoms with Crippen LogP contribution in [0.1, 0.15) is 0 Å². The second kappa shape index (κ2) is 5.43. The molecular formula is C18H17NSi. The summed E-state index contributed by atoms with van der Waals surface area (Å²) in [6.45, 7) is 2.38. The topological polar surface area (TPSA) is 12.9 Å². The van der Waals surface area contributed by atoms with Gasteiger partial charge >= 0.3 is 0 Å². The molecule has 0 aliphatic heterocycles. The Bertz CT molecular complexity index is 569. The van der Waals surface area contributed by atoms with E-state index in [0.29, 0.717) is 0 Å². The lowest BCUT2D eigenvalue weighted by atomic mass is 10.4. The standard InChI is InChI=1S/C18H17NSi/c1-20(16-10-4-2-5-11-16,17-12-6-3-7-13-17)18-14-8-9-15-19-18/h2-15H,1H3. The predicted octanol–water partition coefficient (Wildman–Crippen LogP) is 2.18. The summed E-state index contributed by atoms with van der Waals surface area (Å²) in [7, 11) is -1.99. The van der Waals surface area contributed by atoms with E-state index in [2.05, 4.69) is 84.3 Å². The summed E-state index contributed by atoms with van der Waals surface area (Å²) in [5.74, 6) is 0. The molecule has 98 valence electrons. The summed E-state index contributed by atoms with van der Waals surface area (Å²) in [5, 5.41) is 3.99. The van der Waals surface area contributed by atoms with E-state index in [-0.39, 0.29) is 0 Å². The van der Waals surface area contributed by atoms with Crippen molar-refractivity contribution < 1.29 is 0 Å². The van der Waals surface area contributed by atoms with Crippen molar-refractivity contribution >= 4 is 23.8 Å². The first-order chi connectivity index (χ1) is 9.82. The summed E-state index contributed by atoms with van der Waals surface area (Å²) in [6.07, 6.45) is 1.90. The van der Waals surface area contributed by atoms with Gasteiger partial charge in [0, 0.05) is 11.5 Å². The van der Waals surface area contributed by atoms with Crippen LogP contribution in [-0.4, -0.2) is 13.1 Å². The lowest BCUT2D eigenvalue weighted by molar-refractivity contribution is 1.37. The van der Waals surface area contributed by atoms with E-state index in [1.807, 2.05) is 12.3 Å². The number of benzene rings is 2. The van der Waals surface area contributed by atoms with Gasteiger partial charge in [-0.25, -0.2) is 0 Å². The highest BCUT2D eigenvalue weighted by molar-refractivity contribution is 7.10. The van der Waals surface area contributed by atoms with E-state index in [9.17, 15) is 0 Å². The normalized spacial score (nSPS) is 11.2. The van der Waals surface area contributed by atoms with Crippen molar-refractivity contribution in [2.75, 3.05) is 0 Å². The van der Waals surface area contributed by atoms with Crippen molar-refractivity contribution in [1.82, 2.24) is 4.98 Å². The molecular weight excluding hydrogens is 258 g/mol. The van der Waals surface area contributed by atoms with Gasteiger partial charge in [0.1, 0.15) is 0 Å². The zero-order valence-corrected chi connectivity index (χ0v) is 12.5. The number of aromatic nitrogens is 1. The highest BCUT2D eigenvalue weighted by Gasteiger charge is 2.35. The molecule has 0 radical (unpaired) electrons. The number of pyridine rings is 1. The predicted molar refractivity (Wildman–Crippen MR) is 87.6 cm³/mol. The van der Waals surface area contributed by atoms with Gasteiger partial charge in [0.15, 0.2) is 8.07 Å². The molecule has 0 fully saturated rings. The third-order valence-electron chi connectivity index (χ3n) is 3.88. The number of hydrogen-bond donors (Lipinski definition) is 0. The minimum atomic E-state index is -1.99. The smallest absolute Gasteiger partial charge is 0.168 e. The molecule has 3 aromatic rings. The Morgan fingerprint density at radius 1 is 0.650 bits per heavy atom. The van der Waals surface area contributed by atoms with E-state index in [1.165, 1.54) is 15.7 Å². The summed E-state index contributed by atoms with van der Waals surface area (Å²) >= 11 is 0. The lowest BCUT2D eigenvalue weighted by Gasteiger charge is -2.28. The molecule has 20 heavy (non-hydrogen) atoms. The fourth-order valence-electron chi connectivity index (χ4n) is 2.66. The third kappa shape index (κ3) is 2.19. The molecule has 1 aromatic heterocycles. The van der Waals surface area contributed by atoms with E-state index in [4.69, 9.17) is 0 Å². The average Bonchev–Trinajstić information content (AvgIpc) is 2.56. The molecule has 0 amide bonds. The minimum absolute atomic E-state index is 1.21. The van der Waals surface area contributed by atoms with Crippen LogP contribution in [0.2, 0.25) is 6.55 Å². The molecule has 0 unspecified atom stereocenters. The van der Waals surface area contributed by atoms with Crippen molar-refractivity contribution in [1.29, 1.82) is 0 Å². The van der Waals surface area contributed by atoms with Gasteiger partial charge in [-0.3, -0.25) is 4.98 Å². The van der Waals surface area contributed by atoms with E-state index < -0.39 is 8.07 Å². The fraction of sp³-hybridized carbons (Fsp3) is 0.0556. The van der Waals surface area contributed by atoms with Crippen LogP contribution in [-0.2, 0) is 0 Å². The molecule has 0 N–H and O–H groups in total. The van der Waals surface area contributed by atoms with Crippen molar-refractivity contribution in [2.45, 2.75) is 6.55 Å². The van der Waals surface area contributed by atoms with Crippen LogP contribution >= 0.6 is 0 Å². The van der Waals surface area contributed by atoms with Gasteiger partial charge in [-0.05, 0) is 22.5 Å². The maximum atomic E-state index is 4.67. The SMILES string of the molecule is C[Si](c1ccccc1)(c1ccccc1)c1ccccn1. The molecule has 3 rings (SSSR count). The Morgan fingerprint density at radius 3 is 1.60 bits per heavy atom. The van der Waals surface area contributed by atoms with Crippen LogP contribution in [0.15, 0.2) is 85.1 Å². The molecule has 0 saturated carbocycles. The Balaban J connectivity index is 2.24. The highest BCUT2D eigenvalue weighted by Crippen LogP contribution is 2.05. The number of hydrogen-bond acceptors (Lipinski definition) is 1. The van der Waals surface area contributed by atoms with Gasteiger partial charge in [0.05, 0.1) is 0 Å². The van der Waals surface area contributed by atoms with Crippen molar-refractivity contribution in [3.8, 4) is 0 Å². The molecule has 0 saturated heterocycles. The van der Waals surface area contributed by atoms with Crippen LogP contribution in [0.25, 0.3) is 0 Å². The molecule has 0 aliphatic carbocycles. The monoisotopic (exact) mass is 275 g/mol. The third-order valence-corrected chi connectivity index (χ3v) is 8.18. The molecule has 0 spiro atoms. The molecule has 0 atom stereocenters. The maximum absolute atomic E-state index is 4.67. The summed E-state index contributed by atoms with van der Waals surface area (Å²) in [5.41, 5.74) is 0. The van der Waals surface area contributed by atoms with E-state index in [1.54, 1.807) is 0 Å². The molecule has 2 aromatic carbocycles. The molecule has 1 nitrogen and oxygen atoms in total. The van der Waals surface area contributed by atoms with Crippen LogP contribution in [0.3, 0.4) is 0 Å². The first-order valence-corrected chi connectivity index (χ1v) is 9.34. The van der Waals surface area contributed by atoms with Crippen LogP contribution in [0, 0.1) is 0 Å². The van der Waals surface area contributed by atoms with Gasteiger partial charge < -0.3 is 0 Å². The Kier molecular flexibility index (Phi) is 3.48. The van der Waals surface area contributed by atoms with Gasteiger partial charge in [-0.15, -0.1) is 0 Å². The first-order valence-electron chi connectivity index (χ1n) is 6.84. The lowest BCUT2D eigenvalue weighted by Crippen LogP contribution is -2.65. The summed E-state index contributed by atoms with van der Waals surface area (Å²) < 4.78 is 0. The Morgan fingerprint density at radius 2 is 1.15 bits per heavy atom. The van der Waals surface area contributed by atoms with Crippen molar-refractivity contribution in [3.05, 3.63) is 85.1 Å². The Labute approximate surface area is 121 Å². The van der Waals surface area contributed by atoms with E-state index >= 15 is 0 Å². The summed E-state index contributed by atoms with van der Waals surface area (Å²) in [6, 6.07) is 27.8. The van der Waals surface area contributed by atoms with Gasteiger partial charge in [-0.1, -0.05) is 73.3 Å². The van der Waals surface area contributed by atoms with Gasteiger partial charge in [0.2, 0.25) is 0 Å². The maximum Gasteiger partial charge on any atom is 0.168 e. The first kappa shape index (κ1) is 12.8. The summed E-state index contributed by atoms with van der Waals surface area (Å²) in [4.78, 5) is 4.67. The van der Waals surface area contributed by atoms with Gasteiger partial charge in [0.25, 0.3) is 0 Å². The largest absolute Gasteiger partial charge is 0.265 e. The average molecular weight is 275 g/mol. The van der Waals surface area contributed by atoms with Gasteiger partial charge in [-0.2, -0.15) is 0 Å². The molecule has 1 heterocycles. The molecule has 0 bridgehead atoms. The Hall–Kier alpha value is -2.19. The minimum Gasteiger partial charge on any atom is -0.265 e. The van der Waals surface area contributed by atoms with Crippen molar-refractivity contribution in [3.63, 3.8) is 0 Å². The van der Waals surface area contributed by atoms with Crippen LogP contribution in [0.5, 0.6) is 0 Å². The van der Waals surface area contributed by atoms with Crippen LogP contribution < -0.4 is 15.7 Å². The number of nitrogens with zero attached hydrogens (tertiary/aromatic N) is 1.